The van der Waals surface area contributed by atoms with E-state index in [0.29, 0.717) is 34.1 Å². The van der Waals surface area contributed by atoms with Crippen LogP contribution < -0.4 is 25.3 Å². The van der Waals surface area contributed by atoms with E-state index in [2.05, 4.69) is 10.3 Å². The number of nitrogens with two attached hydrogens (primary N) is 1. The van der Waals surface area contributed by atoms with Crippen LogP contribution in [0.2, 0.25) is 0 Å². The van der Waals surface area contributed by atoms with Gasteiger partial charge in [-0.05, 0) is 42.0 Å². The van der Waals surface area contributed by atoms with E-state index in [1.54, 1.807) is 61.8 Å². The van der Waals surface area contributed by atoms with Gasteiger partial charge in [-0.1, -0.05) is 12.1 Å². The lowest BCUT2D eigenvalue weighted by Crippen LogP contribution is -2.19. The summed E-state index contributed by atoms with van der Waals surface area (Å²) in [5.74, 6) is 0.781. The zero-order chi connectivity index (χ0) is 23.1. The minimum absolute atomic E-state index is 0.00831. The Morgan fingerprint density at radius 1 is 0.969 bits per heavy atom. The van der Waals surface area contributed by atoms with Crippen LogP contribution in [-0.4, -0.2) is 38.0 Å². The van der Waals surface area contributed by atoms with Gasteiger partial charge in [-0.2, -0.15) is 0 Å². The van der Waals surface area contributed by atoms with Crippen LogP contribution in [-0.2, 0) is 0 Å². The highest BCUT2D eigenvalue weighted by Gasteiger charge is 2.22. The topological polar surface area (TPSA) is 113 Å². The number of aromatic nitrogens is 1. The molecule has 32 heavy (non-hydrogen) atoms. The number of ether oxygens (including phenoxy) is 3. The average molecular weight is 435 g/mol. The van der Waals surface area contributed by atoms with Gasteiger partial charge in [0, 0.05) is 24.9 Å². The second kappa shape index (κ2) is 10.4. The number of hydrogen-bond acceptors (Lipinski definition) is 7. The molecule has 1 heterocycles. The fourth-order valence-electron chi connectivity index (χ4n) is 3.29. The maximum absolute atomic E-state index is 13.2. The Hall–Kier alpha value is -3.91. The molecule has 1 amide bonds. The van der Waals surface area contributed by atoms with Gasteiger partial charge in [0.25, 0.3) is 5.91 Å². The van der Waals surface area contributed by atoms with E-state index >= 15 is 0 Å². The van der Waals surface area contributed by atoms with Gasteiger partial charge in [0.05, 0.1) is 38.1 Å². The van der Waals surface area contributed by atoms with Gasteiger partial charge in [0.2, 0.25) is 0 Å². The standard InChI is InChI=1S/C24H25N3O5/c1-30-20-10-9-15(12-22(20)32-3)17(25)13-19(28)23-18(7-4-8-21(23)31-2)27-24(29)16-6-5-11-26-14-16/h4-12,14,17H,13,25H2,1-3H3,(H,27,29). The number of rotatable bonds is 9. The molecule has 8 heteroatoms. The van der Waals surface area contributed by atoms with Crippen molar-refractivity contribution in [1.82, 2.24) is 4.98 Å². The van der Waals surface area contributed by atoms with Crippen molar-refractivity contribution < 1.29 is 23.8 Å². The van der Waals surface area contributed by atoms with Gasteiger partial charge in [-0.15, -0.1) is 0 Å². The molecule has 8 nitrogen and oxygen atoms in total. The highest BCUT2D eigenvalue weighted by Crippen LogP contribution is 2.33. The second-order valence-corrected chi connectivity index (χ2v) is 6.93. The van der Waals surface area contributed by atoms with Crippen LogP contribution in [0.25, 0.3) is 0 Å². The molecule has 1 atom stereocenters. The summed E-state index contributed by atoms with van der Waals surface area (Å²) in [6.07, 6.45) is 3.02. The van der Waals surface area contributed by atoms with E-state index in [0.717, 1.165) is 0 Å². The maximum atomic E-state index is 13.2. The summed E-state index contributed by atoms with van der Waals surface area (Å²) < 4.78 is 16.0. The first kappa shape index (κ1) is 22.8. The number of nitrogens with zero attached hydrogens (tertiary/aromatic N) is 1. The fraction of sp³-hybridized carbons (Fsp3) is 0.208. The molecule has 0 aliphatic heterocycles. The number of methoxy groups -OCH3 is 3. The van der Waals surface area contributed by atoms with Crippen LogP contribution in [0.15, 0.2) is 60.9 Å². The van der Waals surface area contributed by atoms with Gasteiger partial charge in [-0.3, -0.25) is 14.6 Å². The normalized spacial score (nSPS) is 11.4. The zero-order valence-electron chi connectivity index (χ0n) is 18.1. The third-order valence-electron chi connectivity index (χ3n) is 4.94. The Morgan fingerprint density at radius 3 is 2.38 bits per heavy atom. The lowest BCUT2D eigenvalue weighted by atomic mass is 9.96. The number of nitrogens with one attached hydrogen (secondary N) is 1. The average Bonchev–Trinajstić information content (AvgIpc) is 2.83. The SMILES string of the molecule is COc1ccc(C(N)CC(=O)c2c(NC(=O)c3cccnc3)cccc2OC)cc1OC. The highest BCUT2D eigenvalue weighted by atomic mass is 16.5. The summed E-state index contributed by atoms with van der Waals surface area (Å²) in [5.41, 5.74) is 8.00. The number of pyridine rings is 1. The molecule has 3 rings (SSSR count). The van der Waals surface area contributed by atoms with Gasteiger partial charge in [-0.25, -0.2) is 0 Å². The number of anilines is 1. The number of amides is 1. The Bertz CT molecular complexity index is 1100. The van der Waals surface area contributed by atoms with Crippen LogP contribution in [0.3, 0.4) is 0 Å². The number of Topliss-reactive ketones (excluding diaryl/α,β-unsaturated/α-hetero) is 1. The predicted molar refractivity (Wildman–Crippen MR) is 121 cm³/mol. The minimum atomic E-state index is -0.603. The largest absolute Gasteiger partial charge is 0.496 e. The number of carbonyl (C=O) groups excluding carboxylic acids is 2. The summed E-state index contributed by atoms with van der Waals surface area (Å²) in [6, 6.07) is 13.0. The molecule has 0 fully saturated rings. The van der Waals surface area contributed by atoms with Crippen molar-refractivity contribution in [3.63, 3.8) is 0 Å². The van der Waals surface area contributed by atoms with Crippen molar-refractivity contribution in [1.29, 1.82) is 0 Å². The van der Waals surface area contributed by atoms with Crippen molar-refractivity contribution in [2.45, 2.75) is 12.5 Å². The first-order valence-electron chi connectivity index (χ1n) is 9.87. The van der Waals surface area contributed by atoms with Crippen LogP contribution in [0.4, 0.5) is 5.69 Å². The number of ketones is 1. The molecule has 1 aromatic heterocycles. The molecule has 3 N–H and O–H groups in total. The molecule has 0 aliphatic carbocycles. The van der Waals surface area contributed by atoms with E-state index in [1.165, 1.54) is 20.4 Å². The summed E-state index contributed by atoms with van der Waals surface area (Å²) >= 11 is 0. The molecular formula is C24H25N3O5. The maximum Gasteiger partial charge on any atom is 0.257 e. The van der Waals surface area contributed by atoms with Crippen molar-refractivity contribution in [2.75, 3.05) is 26.6 Å². The summed E-state index contributed by atoms with van der Waals surface area (Å²) in [7, 11) is 4.54. The third-order valence-corrected chi connectivity index (χ3v) is 4.94. The molecule has 3 aromatic rings. The van der Waals surface area contributed by atoms with Crippen molar-refractivity contribution in [3.05, 3.63) is 77.6 Å². The Kier molecular flexibility index (Phi) is 7.41. The van der Waals surface area contributed by atoms with Crippen molar-refractivity contribution >= 4 is 17.4 Å². The van der Waals surface area contributed by atoms with Gasteiger partial charge >= 0.3 is 0 Å². The Labute approximate surface area is 186 Å². The fourth-order valence-corrected chi connectivity index (χ4v) is 3.29. The van der Waals surface area contributed by atoms with Crippen molar-refractivity contribution in [2.24, 2.45) is 5.73 Å². The molecule has 1 unspecified atom stereocenters. The minimum Gasteiger partial charge on any atom is -0.496 e. The predicted octanol–water partition coefficient (Wildman–Crippen LogP) is 3.63. The summed E-state index contributed by atoms with van der Waals surface area (Å²) in [6.45, 7) is 0. The quantitative estimate of drug-likeness (QED) is 0.494. The Morgan fingerprint density at radius 2 is 1.72 bits per heavy atom. The van der Waals surface area contributed by atoms with Crippen LogP contribution in [0.1, 0.15) is 38.7 Å². The molecule has 0 radical (unpaired) electrons. The van der Waals surface area contributed by atoms with E-state index in [1.807, 2.05) is 0 Å². The number of benzene rings is 2. The smallest absolute Gasteiger partial charge is 0.257 e. The summed E-state index contributed by atoms with van der Waals surface area (Å²) in [5, 5.41) is 2.77. The molecule has 2 aromatic carbocycles. The van der Waals surface area contributed by atoms with E-state index in [-0.39, 0.29) is 23.7 Å². The second-order valence-electron chi connectivity index (χ2n) is 6.93. The number of carbonyl (C=O) groups is 2. The zero-order valence-corrected chi connectivity index (χ0v) is 18.1. The molecular weight excluding hydrogens is 410 g/mol. The van der Waals surface area contributed by atoms with Crippen LogP contribution in [0.5, 0.6) is 17.2 Å². The lowest BCUT2D eigenvalue weighted by molar-refractivity contribution is 0.0972. The van der Waals surface area contributed by atoms with Gasteiger partial charge in [0.1, 0.15) is 5.75 Å². The molecule has 0 saturated carbocycles. The van der Waals surface area contributed by atoms with Gasteiger partial charge < -0.3 is 25.3 Å². The molecule has 0 bridgehead atoms. The monoisotopic (exact) mass is 435 g/mol. The van der Waals surface area contributed by atoms with E-state index in [9.17, 15) is 9.59 Å². The molecule has 0 spiro atoms. The molecule has 166 valence electrons. The number of hydrogen-bond donors (Lipinski definition) is 2. The van der Waals surface area contributed by atoms with Crippen molar-refractivity contribution in [3.8, 4) is 17.2 Å². The van der Waals surface area contributed by atoms with Crippen LogP contribution >= 0.6 is 0 Å². The molecule has 0 aliphatic rings. The first-order chi connectivity index (χ1) is 15.5. The van der Waals surface area contributed by atoms with Crippen LogP contribution in [0, 0.1) is 0 Å². The first-order valence-corrected chi connectivity index (χ1v) is 9.87. The third kappa shape index (κ3) is 5.04. The van der Waals surface area contributed by atoms with E-state index < -0.39 is 6.04 Å². The summed E-state index contributed by atoms with van der Waals surface area (Å²) in [4.78, 5) is 29.8. The van der Waals surface area contributed by atoms with Gasteiger partial charge in [0.15, 0.2) is 17.3 Å². The molecule has 0 saturated heterocycles. The Balaban J connectivity index is 1.86. The highest BCUT2D eigenvalue weighted by molar-refractivity contribution is 6.10. The lowest BCUT2D eigenvalue weighted by Gasteiger charge is -2.17. The van der Waals surface area contributed by atoms with E-state index in [4.69, 9.17) is 19.9 Å².